The van der Waals surface area contributed by atoms with Gasteiger partial charge in [-0.1, -0.05) is 140 Å². The molecule has 0 aliphatic carbocycles. The molecule has 244 valence electrons. The highest BCUT2D eigenvalue weighted by Crippen LogP contribution is 2.41. The van der Waals surface area contributed by atoms with E-state index in [2.05, 4.69) is 193 Å². The average molecular weight is 664 g/mol. The lowest BCUT2D eigenvalue weighted by atomic mass is 9.95. The zero-order chi connectivity index (χ0) is 34.4. The molecule has 10 rings (SSSR count). The van der Waals surface area contributed by atoms with Crippen LogP contribution in [0.3, 0.4) is 0 Å². The zero-order valence-electron chi connectivity index (χ0n) is 28.4. The van der Waals surface area contributed by atoms with Crippen molar-refractivity contribution < 1.29 is 4.42 Å². The van der Waals surface area contributed by atoms with Gasteiger partial charge in [0.2, 0.25) is 0 Å². The summed E-state index contributed by atoms with van der Waals surface area (Å²) in [4.78, 5) is 2.32. The topological polar surface area (TPSA) is 16.4 Å². The quantitative estimate of drug-likeness (QED) is 0.165. The van der Waals surface area contributed by atoms with E-state index in [1.165, 1.54) is 49.4 Å². The highest BCUT2D eigenvalue weighted by atomic mass is 16.3. The fraction of sp³-hybridized carbons (Fsp3) is 0. The summed E-state index contributed by atoms with van der Waals surface area (Å²) in [5.41, 5.74) is 12.2. The van der Waals surface area contributed by atoms with Gasteiger partial charge in [-0.3, -0.25) is 0 Å². The summed E-state index contributed by atoms with van der Waals surface area (Å²) >= 11 is 0. The molecule has 0 atom stereocenters. The SMILES string of the molecule is c1ccc(-c2ccc(N(c3cccc(-c4ccc5c(ccc6cc(-c7ccccc7)ccc65)c4)c3)c3ccc4c(c3)oc3ccccc34)cc2)cc1. The minimum atomic E-state index is 0.874. The lowest BCUT2D eigenvalue weighted by Gasteiger charge is -2.26. The monoisotopic (exact) mass is 663 g/mol. The molecule has 0 spiro atoms. The van der Waals surface area contributed by atoms with E-state index in [1.807, 2.05) is 12.1 Å². The Morgan fingerprint density at radius 2 is 0.750 bits per heavy atom. The fourth-order valence-electron chi connectivity index (χ4n) is 7.62. The normalized spacial score (nSPS) is 11.5. The molecule has 0 aliphatic heterocycles. The van der Waals surface area contributed by atoms with Crippen molar-refractivity contribution in [1.29, 1.82) is 0 Å². The van der Waals surface area contributed by atoms with Crippen LogP contribution in [0.2, 0.25) is 0 Å². The molecule has 9 aromatic carbocycles. The Hall–Kier alpha value is -6.90. The molecule has 0 N–H and O–H groups in total. The van der Waals surface area contributed by atoms with Crippen molar-refractivity contribution in [3.8, 4) is 33.4 Å². The molecule has 1 heterocycles. The van der Waals surface area contributed by atoms with Crippen LogP contribution in [0, 0.1) is 0 Å². The lowest BCUT2D eigenvalue weighted by Crippen LogP contribution is -2.10. The molecule has 0 unspecified atom stereocenters. The fourth-order valence-corrected chi connectivity index (χ4v) is 7.62. The maximum absolute atomic E-state index is 6.36. The second-order valence-electron chi connectivity index (χ2n) is 13.4. The van der Waals surface area contributed by atoms with Crippen LogP contribution in [-0.4, -0.2) is 0 Å². The lowest BCUT2D eigenvalue weighted by molar-refractivity contribution is 0.669. The first kappa shape index (κ1) is 30.0. The van der Waals surface area contributed by atoms with E-state index in [-0.39, 0.29) is 0 Å². The van der Waals surface area contributed by atoms with Crippen LogP contribution in [-0.2, 0) is 0 Å². The first-order valence-corrected chi connectivity index (χ1v) is 17.7. The summed E-state index contributed by atoms with van der Waals surface area (Å²) in [5, 5.41) is 7.25. The van der Waals surface area contributed by atoms with E-state index in [0.717, 1.165) is 44.6 Å². The number of nitrogens with zero attached hydrogens (tertiary/aromatic N) is 1. The molecule has 1 aromatic heterocycles. The van der Waals surface area contributed by atoms with E-state index in [4.69, 9.17) is 4.42 Å². The van der Waals surface area contributed by atoms with E-state index < -0.39 is 0 Å². The first-order valence-electron chi connectivity index (χ1n) is 17.7. The van der Waals surface area contributed by atoms with Crippen LogP contribution in [0.25, 0.3) is 76.9 Å². The van der Waals surface area contributed by atoms with Crippen molar-refractivity contribution in [2.45, 2.75) is 0 Å². The number of para-hydroxylation sites is 1. The van der Waals surface area contributed by atoms with Gasteiger partial charge < -0.3 is 9.32 Å². The van der Waals surface area contributed by atoms with Gasteiger partial charge in [0, 0.05) is 33.9 Å². The number of furan rings is 1. The number of hydrogen-bond donors (Lipinski definition) is 0. The summed E-state index contributed by atoms with van der Waals surface area (Å²) in [6.07, 6.45) is 0. The Balaban J connectivity index is 1.06. The van der Waals surface area contributed by atoms with Crippen molar-refractivity contribution in [2.24, 2.45) is 0 Å². The van der Waals surface area contributed by atoms with E-state index in [1.54, 1.807) is 0 Å². The van der Waals surface area contributed by atoms with Crippen molar-refractivity contribution in [3.63, 3.8) is 0 Å². The molecule has 0 fully saturated rings. The molecule has 0 radical (unpaired) electrons. The molecule has 10 aromatic rings. The summed E-state index contributed by atoms with van der Waals surface area (Å²) in [6, 6.07) is 71.7. The van der Waals surface area contributed by atoms with Gasteiger partial charge in [0.05, 0.1) is 0 Å². The third-order valence-electron chi connectivity index (χ3n) is 10.2. The van der Waals surface area contributed by atoms with Gasteiger partial charge in [-0.25, -0.2) is 0 Å². The summed E-state index contributed by atoms with van der Waals surface area (Å²) in [6.45, 7) is 0. The van der Waals surface area contributed by atoms with Gasteiger partial charge in [-0.05, 0) is 110 Å². The van der Waals surface area contributed by atoms with Crippen LogP contribution in [0.15, 0.2) is 205 Å². The van der Waals surface area contributed by atoms with E-state index >= 15 is 0 Å². The number of anilines is 3. The largest absolute Gasteiger partial charge is 0.456 e. The highest BCUT2D eigenvalue weighted by molar-refractivity contribution is 6.09. The van der Waals surface area contributed by atoms with Crippen LogP contribution in [0.1, 0.15) is 0 Å². The zero-order valence-corrected chi connectivity index (χ0v) is 28.4. The van der Waals surface area contributed by atoms with Gasteiger partial charge in [0.1, 0.15) is 11.2 Å². The van der Waals surface area contributed by atoms with Crippen LogP contribution in [0.5, 0.6) is 0 Å². The van der Waals surface area contributed by atoms with E-state index in [0.29, 0.717) is 0 Å². The van der Waals surface area contributed by atoms with Crippen LogP contribution in [0.4, 0.5) is 17.1 Å². The third kappa shape index (κ3) is 5.30. The van der Waals surface area contributed by atoms with Crippen molar-refractivity contribution in [3.05, 3.63) is 200 Å². The molecule has 2 nitrogen and oxygen atoms in total. The Kier molecular flexibility index (Phi) is 7.18. The third-order valence-corrected chi connectivity index (χ3v) is 10.2. The van der Waals surface area contributed by atoms with Crippen molar-refractivity contribution in [1.82, 2.24) is 0 Å². The second-order valence-corrected chi connectivity index (χ2v) is 13.4. The molecular weight excluding hydrogens is 631 g/mol. The first-order chi connectivity index (χ1) is 25.7. The molecule has 0 amide bonds. The summed E-state index contributed by atoms with van der Waals surface area (Å²) < 4.78 is 6.36. The molecule has 0 aliphatic rings. The summed E-state index contributed by atoms with van der Waals surface area (Å²) in [5.74, 6) is 0. The van der Waals surface area contributed by atoms with Crippen LogP contribution < -0.4 is 4.90 Å². The highest BCUT2D eigenvalue weighted by Gasteiger charge is 2.17. The minimum Gasteiger partial charge on any atom is -0.456 e. The minimum absolute atomic E-state index is 0.874. The molecule has 52 heavy (non-hydrogen) atoms. The Morgan fingerprint density at radius 1 is 0.269 bits per heavy atom. The van der Waals surface area contributed by atoms with E-state index in [9.17, 15) is 0 Å². The maximum Gasteiger partial charge on any atom is 0.137 e. The molecule has 0 saturated carbocycles. The van der Waals surface area contributed by atoms with Gasteiger partial charge in [-0.15, -0.1) is 0 Å². The Labute approximate surface area is 302 Å². The smallest absolute Gasteiger partial charge is 0.137 e. The Morgan fingerprint density at radius 3 is 1.46 bits per heavy atom. The van der Waals surface area contributed by atoms with Gasteiger partial charge in [0.25, 0.3) is 0 Å². The number of fused-ring (bicyclic) bond motifs is 6. The molecule has 2 heteroatoms. The van der Waals surface area contributed by atoms with Crippen molar-refractivity contribution >= 4 is 60.5 Å². The predicted octanol–water partition coefficient (Wildman–Crippen LogP) is 14.4. The van der Waals surface area contributed by atoms with Gasteiger partial charge in [-0.2, -0.15) is 0 Å². The van der Waals surface area contributed by atoms with Gasteiger partial charge in [0.15, 0.2) is 0 Å². The molecular formula is C50H33NO. The predicted molar refractivity (Wildman–Crippen MR) is 220 cm³/mol. The average Bonchev–Trinajstić information content (AvgIpc) is 3.59. The second kappa shape index (κ2) is 12.5. The number of hydrogen-bond acceptors (Lipinski definition) is 2. The number of benzene rings is 9. The van der Waals surface area contributed by atoms with Crippen LogP contribution >= 0.6 is 0 Å². The van der Waals surface area contributed by atoms with Crippen molar-refractivity contribution in [2.75, 3.05) is 4.90 Å². The Bertz CT molecular complexity index is 2890. The molecule has 0 saturated heterocycles. The molecule has 0 bridgehead atoms. The number of rotatable bonds is 6. The summed E-state index contributed by atoms with van der Waals surface area (Å²) in [7, 11) is 0. The van der Waals surface area contributed by atoms with Gasteiger partial charge >= 0.3 is 0 Å². The standard InChI is InChI=1S/C50H33NO/c1-3-10-34(11-4-1)36-20-24-42(25-21-36)51(44-26-29-48-47-16-7-8-17-49(47)52-50(48)33-44)43-15-9-14-37(32-43)39-23-28-46-41(31-39)19-18-40-30-38(22-27-45(40)46)35-12-5-2-6-13-35/h1-33H. The maximum atomic E-state index is 6.36.